The molecule has 21 heavy (non-hydrogen) atoms. The van der Waals surface area contributed by atoms with Gasteiger partial charge in [0.2, 0.25) is 5.91 Å². The Hall–Kier alpha value is -1.78. The van der Waals surface area contributed by atoms with Crippen molar-refractivity contribution in [2.24, 2.45) is 5.84 Å². The molecule has 0 saturated heterocycles. The van der Waals surface area contributed by atoms with Crippen molar-refractivity contribution in [3.8, 4) is 0 Å². The number of thioether (sulfide) groups is 1. The zero-order valence-corrected chi connectivity index (χ0v) is 13.1. The first kappa shape index (κ1) is 15.6. The average Bonchev–Trinajstić information content (AvgIpc) is 2.51. The van der Waals surface area contributed by atoms with Gasteiger partial charge >= 0.3 is 0 Å². The van der Waals surface area contributed by atoms with E-state index in [4.69, 9.17) is 5.84 Å². The van der Waals surface area contributed by atoms with Gasteiger partial charge in [0, 0.05) is 10.6 Å². The summed E-state index contributed by atoms with van der Waals surface area (Å²) in [6, 6.07) is 16.1. The Kier molecular flexibility index (Phi) is 5.42. The highest BCUT2D eigenvalue weighted by atomic mass is 32.2. The van der Waals surface area contributed by atoms with E-state index in [0.29, 0.717) is 5.75 Å². The Morgan fingerprint density at radius 1 is 1.14 bits per heavy atom. The maximum Gasteiger partial charge on any atom is 0.242 e. The summed E-state index contributed by atoms with van der Waals surface area (Å²) in [6.07, 6.45) is 0. The number of hydrogen-bond donors (Lipinski definition) is 2. The summed E-state index contributed by atoms with van der Waals surface area (Å²) in [4.78, 5) is 13.2. The number of nitrogens with two attached hydrogens (primary N) is 1. The Morgan fingerprint density at radius 3 is 2.48 bits per heavy atom. The van der Waals surface area contributed by atoms with Crippen LogP contribution < -0.4 is 11.3 Å². The van der Waals surface area contributed by atoms with Gasteiger partial charge in [0.1, 0.15) is 0 Å². The molecule has 3 nitrogen and oxygen atoms in total. The molecule has 110 valence electrons. The molecule has 0 aromatic heterocycles. The summed E-state index contributed by atoms with van der Waals surface area (Å²) in [5.74, 6) is 5.57. The molecule has 0 aliphatic heterocycles. The molecule has 2 aromatic carbocycles. The summed E-state index contributed by atoms with van der Waals surface area (Å²) in [6.45, 7) is 4.19. The van der Waals surface area contributed by atoms with Gasteiger partial charge in [-0.3, -0.25) is 10.2 Å². The van der Waals surface area contributed by atoms with Crippen LogP contribution in [0.25, 0.3) is 0 Å². The Balaban J connectivity index is 2.12. The molecule has 2 aromatic rings. The van der Waals surface area contributed by atoms with Crippen LogP contribution in [-0.2, 0) is 4.79 Å². The summed E-state index contributed by atoms with van der Waals surface area (Å²) in [7, 11) is 0. The lowest BCUT2D eigenvalue weighted by molar-refractivity contribution is -0.122. The largest absolute Gasteiger partial charge is 0.294 e. The van der Waals surface area contributed by atoms with E-state index >= 15 is 0 Å². The third kappa shape index (κ3) is 4.09. The molecule has 0 fully saturated rings. The minimum atomic E-state index is -0.247. The second kappa shape index (κ2) is 7.29. The van der Waals surface area contributed by atoms with Crippen molar-refractivity contribution in [3.63, 3.8) is 0 Å². The van der Waals surface area contributed by atoms with Gasteiger partial charge in [0.25, 0.3) is 0 Å². The SMILES string of the molecule is Cc1ccc(SCC(C(=O)NN)c2ccccc2)cc1C. The average molecular weight is 300 g/mol. The zero-order valence-electron chi connectivity index (χ0n) is 12.3. The number of rotatable bonds is 5. The molecule has 0 radical (unpaired) electrons. The van der Waals surface area contributed by atoms with E-state index in [-0.39, 0.29) is 11.8 Å². The van der Waals surface area contributed by atoms with Crippen molar-refractivity contribution in [1.29, 1.82) is 0 Å². The number of nitrogens with one attached hydrogen (secondary N) is 1. The predicted octanol–water partition coefficient (Wildman–Crippen LogP) is 3.17. The fourth-order valence-electron chi connectivity index (χ4n) is 2.09. The lowest BCUT2D eigenvalue weighted by Gasteiger charge is -2.15. The van der Waals surface area contributed by atoms with Crippen molar-refractivity contribution in [2.75, 3.05) is 5.75 Å². The summed E-state index contributed by atoms with van der Waals surface area (Å²) in [5, 5.41) is 0. The van der Waals surface area contributed by atoms with Gasteiger partial charge in [0.05, 0.1) is 5.92 Å². The summed E-state index contributed by atoms with van der Waals surface area (Å²) >= 11 is 1.67. The second-order valence-electron chi connectivity index (χ2n) is 5.03. The van der Waals surface area contributed by atoms with Crippen LogP contribution in [0, 0.1) is 13.8 Å². The van der Waals surface area contributed by atoms with Crippen LogP contribution in [0.4, 0.5) is 0 Å². The van der Waals surface area contributed by atoms with Gasteiger partial charge in [-0.15, -0.1) is 11.8 Å². The lowest BCUT2D eigenvalue weighted by atomic mass is 10.0. The number of amides is 1. The van der Waals surface area contributed by atoms with Crippen LogP contribution in [0.5, 0.6) is 0 Å². The van der Waals surface area contributed by atoms with E-state index in [2.05, 4.69) is 37.5 Å². The second-order valence-corrected chi connectivity index (χ2v) is 6.12. The maximum absolute atomic E-state index is 12.0. The lowest BCUT2D eigenvalue weighted by Crippen LogP contribution is -2.35. The minimum absolute atomic E-state index is 0.155. The van der Waals surface area contributed by atoms with E-state index in [1.165, 1.54) is 16.0 Å². The first-order valence-electron chi connectivity index (χ1n) is 6.87. The van der Waals surface area contributed by atoms with E-state index in [1.807, 2.05) is 30.3 Å². The van der Waals surface area contributed by atoms with Crippen molar-refractivity contribution in [3.05, 3.63) is 65.2 Å². The molecule has 0 spiro atoms. The molecule has 1 amide bonds. The van der Waals surface area contributed by atoms with Gasteiger partial charge in [-0.05, 0) is 42.7 Å². The molecule has 0 aliphatic carbocycles. The summed E-state index contributed by atoms with van der Waals surface area (Å²) < 4.78 is 0. The van der Waals surface area contributed by atoms with Gasteiger partial charge < -0.3 is 0 Å². The van der Waals surface area contributed by atoms with Gasteiger partial charge in [0.15, 0.2) is 0 Å². The van der Waals surface area contributed by atoms with Crippen molar-refractivity contribution in [2.45, 2.75) is 24.7 Å². The molecule has 2 rings (SSSR count). The molecule has 0 saturated carbocycles. The summed E-state index contributed by atoms with van der Waals surface area (Å²) in [5.41, 5.74) is 5.79. The quantitative estimate of drug-likeness (QED) is 0.386. The Bertz CT molecular complexity index is 613. The predicted molar refractivity (Wildman–Crippen MR) is 88.2 cm³/mol. The highest BCUT2D eigenvalue weighted by molar-refractivity contribution is 7.99. The number of hydrazine groups is 1. The van der Waals surface area contributed by atoms with Gasteiger partial charge in [-0.1, -0.05) is 36.4 Å². The van der Waals surface area contributed by atoms with Gasteiger partial charge in [-0.25, -0.2) is 5.84 Å². The van der Waals surface area contributed by atoms with Crippen molar-refractivity contribution in [1.82, 2.24) is 5.43 Å². The van der Waals surface area contributed by atoms with Crippen LogP contribution in [0.3, 0.4) is 0 Å². The topological polar surface area (TPSA) is 55.1 Å². The fourth-order valence-corrected chi connectivity index (χ4v) is 3.22. The first-order valence-corrected chi connectivity index (χ1v) is 7.86. The zero-order chi connectivity index (χ0) is 15.2. The molecular weight excluding hydrogens is 280 g/mol. The molecule has 3 N–H and O–H groups in total. The van der Waals surface area contributed by atoms with Crippen molar-refractivity contribution < 1.29 is 4.79 Å². The van der Waals surface area contributed by atoms with E-state index in [9.17, 15) is 4.79 Å². The Labute approximate surface area is 129 Å². The maximum atomic E-state index is 12.0. The molecular formula is C17H20N2OS. The van der Waals surface area contributed by atoms with Crippen LogP contribution in [-0.4, -0.2) is 11.7 Å². The van der Waals surface area contributed by atoms with Crippen LogP contribution in [0.2, 0.25) is 0 Å². The minimum Gasteiger partial charge on any atom is -0.294 e. The number of carbonyl (C=O) groups excluding carboxylic acids is 1. The first-order chi connectivity index (χ1) is 10.1. The third-order valence-corrected chi connectivity index (χ3v) is 4.64. The fraction of sp³-hybridized carbons (Fsp3) is 0.235. The van der Waals surface area contributed by atoms with E-state index in [0.717, 1.165) is 5.56 Å². The molecule has 0 aliphatic rings. The van der Waals surface area contributed by atoms with Crippen molar-refractivity contribution >= 4 is 17.7 Å². The monoisotopic (exact) mass is 300 g/mol. The number of benzene rings is 2. The highest BCUT2D eigenvalue weighted by Gasteiger charge is 2.19. The normalized spacial score (nSPS) is 12.0. The number of hydrogen-bond acceptors (Lipinski definition) is 3. The van der Waals surface area contributed by atoms with Gasteiger partial charge in [-0.2, -0.15) is 0 Å². The molecule has 0 bridgehead atoms. The Morgan fingerprint density at radius 2 is 1.86 bits per heavy atom. The van der Waals surface area contributed by atoms with Crippen LogP contribution in [0.1, 0.15) is 22.6 Å². The highest BCUT2D eigenvalue weighted by Crippen LogP contribution is 2.27. The van der Waals surface area contributed by atoms with E-state index < -0.39 is 0 Å². The van der Waals surface area contributed by atoms with Crippen LogP contribution >= 0.6 is 11.8 Å². The molecule has 1 unspecified atom stereocenters. The standard InChI is InChI=1S/C17H20N2OS/c1-12-8-9-15(10-13(12)2)21-11-16(17(20)19-18)14-6-4-3-5-7-14/h3-10,16H,11,18H2,1-2H3,(H,19,20). The smallest absolute Gasteiger partial charge is 0.242 e. The number of carbonyl (C=O) groups is 1. The third-order valence-electron chi connectivity index (χ3n) is 3.56. The van der Waals surface area contributed by atoms with Crippen LogP contribution in [0.15, 0.2) is 53.4 Å². The molecule has 4 heteroatoms. The van der Waals surface area contributed by atoms with E-state index in [1.54, 1.807) is 11.8 Å². The molecule has 0 heterocycles. The molecule has 1 atom stereocenters. The number of aryl methyl sites for hydroxylation is 2.